The summed E-state index contributed by atoms with van der Waals surface area (Å²) in [5.41, 5.74) is 2.82. The molecule has 0 bridgehead atoms. The largest absolute Gasteiger partial charge is 0.364 e. The fourth-order valence-corrected chi connectivity index (χ4v) is 3.48. The van der Waals surface area contributed by atoms with Crippen molar-refractivity contribution < 1.29 is 0 Å². The standard InChI is InChI=1S/C17H22ClN5O/c1-3-14-13(5-4-6-19-14)11-22-7-8-23(12(2)10-22)15-9-20-21-17(24)16(15)18/h4-6,9,12H,3,7-8,10-11H2,1-2H3,(H,21,24). The van der Waals surface area contributed by atoms with Crippen molar-refractivity contribution >= 4 is 17.3 Å². The quantitative estimate of drug-likeness (QED) is 0.917. The fraction of sp³-hybridized carbons (Fsp3) is 0.471. The van der Waals surface area contributed by atoms with E-state index in [0.717, 1.165) is 38.3 Å². The topological polar surface area (TPSA) is 65.1 Å². The minimum atomic E-state index is -0.341. The van der Waals surface area contributed by atoms with Crippen molar-refractivity contribution in [3.63, 3.8) is 0 Å². The molecule has 1 atom stereocenters. The highest BCUT2D eigenvalue weighted by molar-refractivity contribution is 6.33. The zero-order valence-corrected chi connectivity index (χ0v) is 14.8. The van der Waals surface area contributed by atoms with E-state index in [0.29, 0.717) is 5.69 Å². The number of aromatic nitrogens is 3. The van der Waals surface area contributed by atoms with E-state index >= 15 is 0 Å². The van der Waals surface area contributed by atoms with Crippen LogP contribution < -0.4 is 10.5 Å². The van der Waals surface area contributed by atoms with Crippen LogP contribution in [0.2, 0.25) is 5.02 Å². The normalized spacial score (nSPS) is 18.8. The Bertz CT molecular complexity index is 763. The lowest BCUT2D eigenvalue weighted by atomic mass is 10.1. The molecule has 0 amide bonds. The molecular formula is C17H22ClN5O. The average Bonchev–Trinajstić information content (AvgIpc) is 2.58. The second-order valence-corrected chi connectivity index (χ2v) is 6.52. The molecule has 1 aliphatic rings. The van der Waals surface area contributed by atoms with Crippen LogP contribution in [0, 0.1) is 0 Å². The van der Waals surface area contributed by atoms with Crippen LogP contribution in [0.3, 0.4) is 0 Å². The third-order valence-corrected chi connectivity index (χ3v) is 4.88. The molecule has 3 rings (SSSR count). The van der Waals surface area contributed by atoms with Crippen LogP contribution >= 0.6 is 11.6 Å². The summed E-state index contributed by atoms with van der Waals surface area (Å²) in [5, 5.41) is 6.46. The van der Waals surface area contributed by atoms with Gasteiger partial charge in [-0.15, -0.1) is 0 Å². The molecule has 1 saturated heterocycles. The predicted molar refractivity (Wildman–Crippen MR) is 95.6 cm³/mol. The number of hydrogen-bond donors (Lipinski definition) is 1. The molecule has 0 saturated carbocycles. The van der Waals surface area contributed by atoms with Gasteiger partial charge < -0.3 is 4.90 Å². The van der Waals surface area contributed by atoms with E-state index < -0.39 is 0 Å². The van der Waals surface area contributed by atoms with Gasteiger partial charge in [0.1, 0.15) is 5.02 Å². The molecule has 24 heavy (non-hydrogen) atoms. The lowest BCUT2D eigenvalue weighted by molar-refractivity contribution is 0.220. The Balaban J connectivity index is 1.71. The van der Waals surface area contributed by atoms with Gasteiger partial charge in [-0.25, -0.2) is 5.10 Å². The van der Waals surface area contributed by atoms with Crippen LogP contribution in [0.4, 0.5) is 5.69 Å². The van der Waals surface area contributed by atoms with Gasteiger partial charge in [-0.2, -0.15) is 5.10 Å². The van der Waals surface area contributed by atoms with E-state index in [1.807, 2.05) is 12.3 Å². The van der Waals surface area contributed by atoms with E-state index in [1.54, 1.807) is 6.20 Å². The van der Waals surface area contributed by atoms with Crippen molar-refractivity contribution in [2.24, 2.45) is 0 Å². The maximum absolute atomic E-state index is 11.7. The van der Waals surface area contributed by atoms with E-state index in [2.05, 4.69) is 44.9 Å². The minimum absolute atomic E-state index is 0.214. The van der Waals surface area contributed by atoms with Gasteiger partial charge in [0.05, 0.1) is 11.9 Å². The Morgan fingerprint density at radius 1 is 1.42 bits per heavy atom. The average molecular weight is 348 g/mol. The highest BCUT2D eigenvalue weighted by Crippen LogP contribution is 2.25. The van der Waals surface area contributed by atoms with E-state index in [-0.39, 0.29) is 16.6 Å². The third-order valence-electron chi connectivity index (χ3n) is 4.51. The number of aromatic amines is 1. The van der Waals surface area contributed by atoms with Crippen molar-refractivity contribution in [1.29, 1.82) is 0 Å². The molecule has 0 aromatic carbocycles. The van der Waals surface area contributed by atoms with Crippen LogP contribution in [0.1, 0.15) is 25.1 Å². The Labute approximate surface area is 146 Å². The lowest BCUT2D eigenvalue weighted by Gasteiger charge is -2.41. The number of aryl methyl sites for hydroxylation is 1. The van der Waals surface area contributed by atoms with E-state index in [4.69, 9.17) is 11.6 Å². The highest BCUT2D eigenvalue weighted by atomic mass is 35.5. The van der Waals surface area contributed by atoms with Gasteiger partial charge in [0.15, 0.2) is 0 Å². The predicted octanol–water partition coefficient (Wildman–Crippen LogP) is 2.09. The lowest BCUT2D eigenvalue weighted by Crippen LogP contribution is -2.52. The first-order valence-corrected chi connectivity index (χ1v) is 8.63. The first-order valence-electron chi connectivity index (χ1n) is 8.25. The van der Waals surface area contributed by atoms with Gasteiger partial charge >= 0.3 is 0 Å². The Hall–Kier alpha value is -1.92. The summed E-state index contributed by atoms with van der Waals surface area (Å²) in [4.78, 5) is 20.7. The molecule has 0 radical (unpaired) electrons. The summed E-state index contributed by atoms with van der Waals surface area (Å²) < 4.78 is 0. The smallest absolute Gasteiger partial charge is 0.285 e. The number of hydrogen-bond acceptors (Lipinski definition) is 5. The molecule has 3 heterocycles. The van der Waals surface area contributed by atoms with E-state index in [1.165, 1.54) is 5.56 Å². The van der Waals surface area contributed by atoms with Gasteiger partial charge in [-0.1, -0.05) is 24.6 Å². The van der Waals surface area contributed by atoms with Gasteiger partial charge in [-0.3, -0.25) is 14.7 Å². The molecule has 7 heteroatoms. The SMILES string of the molecule is CCc1ncccc1CN1CCN(c2cn[nH]c(=O)c2Cl)C(C)C1. The summed E-state index contributed by atoms with van der Waals surface area (Å²) >= 11 is 6.15. The number of nitrogens with zero attached hydrogens (tertiary/aromatic N) is 4. The van der Waals surface area contributed by atoms with Crippen LogP contribution in [0.15, 0.2) is 29.3 Å². The highest BCUT2D eigenvalue weighted by Gasteiger charge is 2.26. The molecule has 128 valence electrons. The first-order chi connectivity index (χ1) is 11.6. The molecule has 6 nitrogen and oxygen atoms in total. The Kier molecular flexibility index (Phi) is 5.16. The Morgan fingerprint density at radius 2 is 2.25 bits per heavy atom. The molecule has 2 aromatic heterocycles. The Morgan fingerprint density at radius 3 is 3.00 bits per heavy atom. The van der Waals surface area contributed by atoms with Crippen molar-refractivity contribution in [3.05, 3.63) is 51.2 Å². The van der Waals surface area contributed by atoms with Crippen LogP contribution in [0.25, 0.3) is 0 Å². The summed E-state index contributed by atoms with van der Waals surface area (Å²) in [6.07, 6.45) is 4.43. The molecular weight excluding hydrogens is 326 g/mol. The van der Waals surface area contributed by atoms with E-state index in [9.17, 15) is 4.79 Å². The second-order valence-electron chi connectivity index (χ2n) is 6.14. The van der Waals surface area contributed by atoms with Gasteiger partial charge in [-0.05, 0) is 25.0 Å². The van der Waals surface area contributed by atoms with Crippen LogP contribution in [-0.4, -0.2) is 45.8 Å². The molecule has 1 aliphatic heterocycles. The number of pyridine rings is 1. The molecule has 1 unspecified atom stereocenters. The maximum atomic E-state index is 11.7. The van der Waals surface area contributed by atoms with Crippen molar-refractivity contribution in [1.82, 2.24) is 20.1 Å². The van der Waals surface area contributed by atoms with Gasteiger partial charge in [0, 0.05) is 44.1 Å². The first kappa shape index (κ1) is 16.9. The fourth-order valence-electron chi connectivity index (χ4n) is 3.28. The summed E-state index contributed by atoms with van der Waals surface area (Å²) in [6, 6.07) is 4.40. The number of H-pyrrole nitrogens is 1. The van der Waals surface area contributed by atoms with Crippen molar-refractivity contribution in [3.8, 4) is 0 Å². The molecule has 2 aromatic rings. The number of nitrogens with one attached hydrogen (secondary N) is 1. The van der Waals surface area contributed by atoms with Crippen molar-refractivity contribution in [2.45, 2.75) is 32.9 Å². The second kappa shape index (κ2) is 7.32. The van der Waals surface area contributed by atoms with Gasteiger partial charge in [0.2, 0.25) is 0 Å². The van der Waals surface area contributed by atoms with Crippen LogP contribution in [0.5, 0.6) is 0 Å². The number of halogens is 1. The zero-order chi connectivity index (χ0) is 17.1. The minimum Gasteiger partial charge on any atom is -0.364 e. The summed E-state index contributed by atoms with van der Waals surface area (Å²) in [6.45, 7) is 7.80. The third kappa shape index (κ3) is 3.44. The number of piperazine rings is 1. The monoisotopic (exact) mass is 347 g/mol. The summed E-state index contributed by atoms with van der Waals surface area (Å²) in [5.74, 6) is 0. The molecule has 0 aliphatic carbocycles. The molecule has 1 N–H and O–H groups in total. The zero-order valence-electron chi connectivity index (χ0n) is 14.0. The number of rotatable bonds is 4. The molecule has 1 fully saturated rings. The van der Waals surface area contributed by atoms with Crippen LogP contribution in [-0.2, 0) is 13.0 Å². The maximum Gasteiger partial charge on any atom is 0.285 e. The summed E-state index contributed by atoms with van der Waals surface area (Å²) in [7, 11) is 0. The van der Waals surface area contributed by atoms with Gasteiger partial charge in [0.25, 0.3) is 5.56 Å². The number of anilines is 1. The van der Waals surface area contributed by atoms with Crippen molar-refractivity contribution in [2.75, 3.05) is 24.5 Å². The molecule has 0 spiro atoms.